The monoisotopic (exact) mass is 410 g/mol. The summed E-state index contributed by atoms with van der Waals surface area (Å²) in [6.07, 6.45) is -4.29. The van der Waals surface area contributed by atoms with Crippen LogP contribution in [0.15, 0.2) is 11.4 Å². The second-order valence-electron chi connectivity index (χ2n) is 5.34. The van der Waals surface area contributed by atoms with Crippen LogP contribution in [0.2, 0.25) is 0 Å². The second-order valence-corrected chi connectivity index (χ2v) is 7.56. The van der Waals surface area contributed by atoms with Crippen molar-refractivity contribution in [3.05, 3.63) is 6.33 Å². The van der Waals surface area contributed by atoms with E-state index >= 15 is 0 Å². The molecule has 2 aromatic rings. The number of anilines is 1. The van der Waals surface area contributed by atoms with Crippen LogP contribution in [-0.4, -0.2) is 68.6 Å². The van der Waals surface area contributed by atoms with Crippen LogP contribution in [-0.2, 0) is 24.8 Å². The minimum atomic E-state index is -4.78. The lowest BCUT2D eigenvalue weighted by Gasteiger charge is -2.16. The molecule has 5 atom stereocenters. The van der Waals surface area contributed by atoms with E-state index in [1.807, 2.05) is 0 Å². The van der Waals surface area contributed by atoms with Crippen molar-refractivity contribution in [3.8, 4) is 0 Å². The molecule has 144 valence electrons. The van der Waals surface area contributed by atoms with Gasteiger partial charge in [0.2, 0.25) is 5.95 Å². The highest BCUT2D eigenvalue weighted by Crippen LogP contribution is 2.38. The zero-order valence-corrected chi connectivity index (χ0v) is 14.5. The van der Waals surface area contributed by atoms with E-state index in [-0.39, 0.29) is 22.1 Å². The number of aromatic nitrogens is 4. The van der Waals surface area contributed by atoms with Crippen molar-refractivity contribution in [1.82, 2.24) is 19.5 Å². The van der Waals surface area contributed by atoms with Gasteiger partial charge in [-0.25, -0.2) is 23.9 Å². The van der Waals surface area contributed by atoms with Crippen molar-refractivity contribution in [1.29, 1.82) is 0 Å². The topological polar surface area (TPSA) is 229 Å². The maximum Gasteiger partial charge on any atom is 0.469 e. The number of hydrogen-bond acceptors (Lipinski definition) is 10. The lowest BCUT2D eigenvalue weighted by atomic mass is 10.1. The first kappa shape index (κ1) is 19.2. The molecule has 26 heavy (non-hydrogen) atoms. The van der Waals surface area contributed by atoms with Gasteiger partial charge in [-0.15, -0.1) is 0 Å². The first-order valence-corrected chi connectivity index (χ1v) is 9.70. The zero-order valence-electron chi connectivity index (χ0n) is 12.8. The van der Waals surface area contributed by atoms with Gasteiger partial charge in [0.1, 0.15) is 34.8 Å². The highest BCUT2D eigenvalue weighted by molar-refractivity contribution is 7.82. The molecule has 1 saturated heterocycles. The molecule has 8 N–H and O–H groups in total. The minimum absolute atomic E-state index is 0.0408. The van der Waals surface area contributed by atoms with Crippen molar-refractivity contribution in [2.24, 2.45) is 5.14 Å². The number of imidazole rings is 1. The van der Waals surface area contributed by atoms with E-state index in [0.717, 1.165) is 0 Å². The largest absolute Gasteiger partial charge is 0.469 e. The lowest BCUT2D eigenvalue weighted by Crippen LogP contribution is -2.33. The molecule has 0 spiro atoms. The molecule has 0 amide bonds. The molecular formula is C10H15N6O8PS. The third-order valence-corrected chi connectivity index (χ3v) is 4.77. The maximum absolute atomic E-state index is 11.6. The fourth-order valence-electron chi connectivity index (χ4n) is 2.50. The van der Waals surface area contributed by atoms with E-state index in [0.29, 0.717) is 0 Å². The summed E-state index contributed by atoms with van der Waals surface area (Å²) in [5.41, 5.74) is 5.66. The Kier molecular flexibility index (Phi) is 5.08. The molecule has 1 aliphatic heterocycles. The molecule has 0 saturated carbocycles. The predicted octanol–water partition coefficient (Wildman–Crippen LogP) is -2.88. The Morgan fingerprint density at radius 1 is 1.35 bits per heavy atom. The fourth-order valence-corrected chi connectivity index (χ4v) is 3.36. The quantitative estimate of drug-likeness (QED) is 0.216. The summed E-state index contributed by atoms with van der Waals surface area (Å²) >= 11 is 0. The van der Waals surface area contributed by atoms with Crippen LogP contribution in [0.3, 0.4) is 0 Å². The van der Waals surface area contributed by atoms with Crippen LogP contribution in [0, 0.1) is 0 Å². The van der Waals surface area contributed by atoms with Crippen LogP contribution in [0.25, 0.3) is 11.2 Å². The number of nitrogens with zero attached hydrogens (tertiary/aromatic N) is 4. The van der Waals surface area contributed by atoms with Crippen molar-refractivity contribution >= 4 is 35.9 Å². The number of rotatable bonds is 5. The highest BCUT2D eigenvalue weighted by atomic mass is 32.2. The Bertz CT molecular complexity index is 903. The Labute approximate surface area is 147 Å². The number of nitrogens with two attached hydrogens (primary N) is 2. The first-order chi connectivity index (χ1) is 12.1. The molecule has 0 radical (unpaired) electrons. The molecular weight excluding hydrogens is 395 g/mol. The smallest absolute Gasteiger partial charge is 0.387 e. The molecule has 1 unspecified atom stereocenters. The number of phosphoric ester groups is 1. The van der Waals surface area contributed by atoms with Crippen LogP contribution < -0.4 is 10.9 Å². The molecule has 0 aromatic carbocycles. The summed E-state index contributed by atoms with van der Waals surface area (Å²) in [7, 11) is -6.79. The Balaban J connectivity index is 1.94. The third-order valence-electron chi connectivity index (χ3n) is 3.62. The molecule has 2 aromatic heterocycles. The zero-order chi connectivity index (χ0) is 19.2. The molecule has 1 fully saturated rings. The van der Waals surface area contributed by atoms with Gasteiger partial charge in [-0.1, -0.05) is 0 Å². The van der Waals surface area contributed by atoms with Gasteiger partial charge in [0, 0.05) is 0 Å². The Morgan fingerprint density at radius 2 is 2.04 bits per heavy atom. The number of phosphoric acid groups is 1. The van der Waals surface area contributed by atoms with Gasteiger partial charge in [0.25, 0.3) is 0 Å². The molecule has 0 bridgehead atoms. The second kappa shape index (κ2) is 6.88. The van der Waals surface area contributed by atoms with Crippen LogP contribution in [0.1, 0.15) is 6.23 Å². The van der Waals surface area contributed by atoms with E-state index in [1.165, 1.54) is 10.9 Å². The molecule has 16 heteroatoms. The van der Waals surface area contributed by atoms with Gasteiger partial charge in [-0.2, -0.15) is 4.98 Å². The minimum Gasteiger partial charge on any atom is -0.387 e. The average molecular weight is 410 g/mol. The Hall–Kier alpha value is -1.55. The summed E-state index contributed by atoms with van der Waals surface area (Å²) < 4.78 is 33.3. The maximum atomic E-state index is 11.6. The predicted molar refractivity (Wildman–Crippen MR) is 84.3 cm³/mol. The number of nitrogen functional groups attached to an aromatic ring is 1. The number of fused-ring (bicyclic) bond motifs is 1. The van der Waals surface area contributed by atoms with Crippen molar-refractivity contribution in [2.45, 2.75) is 29.6 Å². The summed E-state index contributed by atoms with van der Waals surface area (Å²) in [6, 6.07) is 0. The van der Waals surface area contributed by atoms with Gasteiger partial charge in [0.15, 0.2) is 16.9 Å². The van der Waals surface area contributed by atoms with Gasteiger partial charge >= 0.3 is 7.82 Å². The van der Waals surface area contributed by atoms with Crippen molar-refractivity contribution < 1.29 is 38.0 Å². The van der Waals surface area contributed by atoms with Gasteiger partial charge in [0.05, 0.1) is 12.9 Å². The van der Waals surface area contributed by atoms with Crippen LogP contribution in [0.5, 0.6) is 0 Å². The fraction of sp³-hybridized carbons (Fsp3) is 0.500. The van der Waals surface area contributed by atoms with E-state index < -0.39 is 50.0 Å². The first-order valence-electron chi connectivity index (χ1n) is 6.96. The standard InChI is InChI=1S/C10H15N6O8PS/c11-10-14-7-4(8(15-10)26(12)22)13-2-16(7)9-6(18)5(17)3(24-9)1-23-25(19,20)21/h2-3,5-6,9,17-18H,1,12H2,(H2,11,14,15)(H2,19,20,21)/t3-,5-,6-,9-,26?/m1/s1. The lowest BCUT2D eigenvalue weighted by molar-refractivity contribution is -0.0503. The SMILES string of the molecule is Nc1nc(S(N)=O)c2ncn([C@@H]3O[C@H](COP(=O)(O)O)[C@@H](O)[C@H]3O)c2n1. The van der Waals surface area contributed by atoms with Gasteiger partial charge < -0.3 is 30.5 Å². The molecule has 0 aliphatic carbocycles. The number of ether oxygens (including phenoxy) is 1. The van der Waals surface area contributed by atoms with Crippen molar-refractivity contribution in [3.63, 3.8) is 0 Å². The number of hydrogen-bond donors (Lipinski definition) is 6. The van der Waals surface area contributed by atoms with Crippen LogP contribution >= 0.6 is 7.82 Å². The summed E-state index contributed by atoms with van der Waals surface area (Å²) in [4.78, 5) is 29.1. The van der Waals surface area contributed by atoms with Crippen molar-refractivity contribution in [2.75, 3.05) is 12.3 Å². The molecule has 3 heterocycles. The average Bonchev–Trinajstić information content (AvgIpc) is 3.06. The summed E-state index contributed by atoms with van der Waals surface area (Å²) in [6.45, 7) is -0.666. The molecule has 14 nitrogen and oxygen atoms in total. The van der Waals surface area contributed by atoms with E-state index in [4.69, 9.17) is 25.4 Å². The number of aliphatic hydroxyl groups excluding tert-OH is 2. The summed E-state index contributed by atoms with van der Waals surface area (Å²) in [5.74, 6) is -0.248. The third kappa shape index (κ3) is 3.62. The van der Waals surface area contributed by atoms with E-state index in [1.54, 1.807) is 0 Å². The number of aliphatic hydroxyl groups is 2. The highest BCUT2D eigenvalue weighted by Gasteiger charge is 2.45. The van der Waals surface area contributed by atoms with E-state index in [2.05, 4.69) is 19.5 Å². The normalized spacial score (nSPS) is 27.9. The molecule has 3 rings (SSSR count). The Morgan fingerprint density at radius 3 is 2.65 bits per heavy atom. The van der Waals surface area contributed by atoms with Gasteiger partial charge in [-0.3, -0.25) is 9.09 Å². The van der Waals surface area contributed by atoms with Gasteiger partial charge in [-0.05, 0) is 0 Å². The molecule has 1 aliphatic rings. The summed E-state index contributed by atoms with van der Waals surface area (Å²) in [5, 5.41) is 25.4. The van der Waals surface area contributed by atoms with Crippen LogP contribution in [0.4, 0.5) is 5.95 Å². The van der Waals surface area contributed by atoms with E-state index in [9.17, 15) is 19.0 Å².